The van der Waals surface area contributed by atoms with Gasteiger partial charge in [-0.3, -0.25) is 9.69 Å². The van der Waals surface area contributed by atoms with Gasteiger partial charge in [0.05, 0.1) is 13.2 Å². The summed E-state index contributed by atoms with van der Waals surface area (Å²) in [7, 11) is 2.18. The summed E-state index contributed by atoms with van der Waals surface area (Å²) in [4.78, 5) is 16.9. The Morgan fingerprint density at radius 1 is 1.11 bits per heavy atom. The molecule has 2 fully saturated rings. The number of carbonyl (C=O) groups excluding carboxylic acids is 1. The Morgan fingerprint density at radius 3 is 2.36 bits per heavy atom. The van der Waals surface area contributed by atoms with Gasteiger partial charge in [-0.15, -0.1) is 37.2 Å². The fourth-order valence-electron chi connectivity index (χ4n) is 3.27. The van der Waals surface area contributed by atoms with E-state index in [0.29, 0.717) is 19.6 Å². The summed E-state index contributed by atoms with van der Waals surface area (Å²) in [6, 6.07) is 8.73. The molecule has 9 heteroatoms. The third kappa shape index (κ3) is 9.27. The number of carbonyl (C=O) groups is 1. The minimum Gasteiger partial charge on any atom is -0.378 e. The van der Waals surface area contributed by atoms with E-state index < -0.39 is 0 Å². The Bertz CT molecular complexity index is 549. The Kier molecular flexibility index (Phi) is 14.1. The molecule has 2 saturated heterocycles. The lowest BCUT2D eigenvalue weighted by Gasteiger charge is -2.32. The van der Waals surface area contributed by atoms with Crippen LogP contribution in [0.1, 0.15) is 17.5 Å². The van der Waals surface area contributed by atoms with Gasteiger partial charge in [-0.05, 0) is 18.2 Å². The molecular formula is C19H33Cl3N4O2. The van der Waals surface area contributed by atoms with Crippen LogP contribution < -0.4 is 10.6 Å². The third-order valence-electron chi connectivity index (χ3n) is 4.94. The van der Waals surface area contributed by atoms with Gasteiger partial charge >= 0.3 is 0 Å². The van der Waals surface area contributed by atoms with Crippen LogP contribution in [-0.4, -0.2) is 74.7 Å². The van der Waals surface area contributed by atoms with E-state index in [1.165, 1.54) is 5.56 Å². The highest BCUT2D eigenvalue weighted by Gasteiger charge is 2.16. The van der Waals surface area contributed by atoms with E-state index >= 15 is 0 Å². The molecule has 2 aliphatic rings. The van der Waals surface area contributed by atoms with Crippen LogP contribution in [0.4, 0.5) is 0 Å². The van der Waals surface area contributed by atoms with Crippen LogP contribution in [0.25, 0.3) is 0 Å². The molecule has 28 heavy (non-hydrogen) atoms. The molecule has 2 N–H and O–H groups in total. The van der Waals surface area contributed by atoms with Crippen LogP contribution in [0.15, 0.2) is 24.3 Å². The second-order valence-corrected chi connectivity index (χ2v) is 7.10. The standard InChI is InChI=1S/C19H30N4O2.3ClH/c1-22-7-9-23(10-8-22)14-17-4-2-16(3-5-17)13-21-19(24)12-18-15-25-11-6-20-18;;;/h2-5,18,20H,6-15H2,1H3,(H,21,24);3*1H. The van der Waals surface area contributed by atoms with Gasteiger partial charge in [0.15, 0.2) is 0 Å². The SMILES string of the molecule is CN1CCN(Cc2ccc(CNC(=O)CC3COCCN3)cc2)CC1.Cl.Cl.Cl. The number of hydrogen-bond acceptors (Lipinski definition) is 5. The summed E-state index contributed by atoms with van der Waals surface area (Å²) in [6.45, 7) is 8.32. The van der Waals surface area contributed by atoms with Crippen LogP contribution in [0.3, 0.4) is 0 Å². The van der Waals surface area contributed by atoms with Crippen molar-refractivity contribution in [1.82, 2.24) is 20.4 Å². The highest BCUT2D eigenvalue weighted by molar-refractivity contribution is 5.86. The maximum Gasteiger partial charge on any atom is 0.221 e. The quantitative estimate of drug-likeness (QED) is 0.684. The Labute approximate surface area is 187 Å². The Morgan fingerprint density at radius 2 is 1.75 bits per heavy atom. The first-order valence-corrected chi connectivity index (χ1v) is 9.25. The Hall–Kier alpha value is -0.600. The predicted molar refractivity (Wildman–Crippen MR) is 120 cm³/mol. The number of ether oxygens (including phenoxy) is 1. The number of hydrogen-bond donors (Lipinski definition) is 2. The van der Waals surface area contributed by atoms with Gasteiger partial charge in [-0.2, -0.15) is 0 Å². The first-order valence-electron chi connectivity index (χ1n) is 9.25. The number of amides is 1. The van der Waals surface area contributed by atoms with Crippen LogP contribution in [0.2, 0.25) is 0 Å². The van der Waals surface area contributed by atoms with Gasteiger partial charge in [-0.25, -0.2) is 0 Å². The zero-order valence-electron chi connectivity index (χ0n) is 16.4. The minimum absolute atomic E-state index is 0. The number of rotatable bonds is 6. The fraction of sp³-hybridized carbons (Fsp3) is 0.632. The summed E-state index contributed by atoms with van der Waals surface area (Å²) in [6.07, 6.45) is 0.474. The molecule has 1 unspecified atom stereocenters. The molecule has 1 amide bonds. The Balaban J connectivity index is 0.00000243. The van der Waals surface area contributed by atoms with Gasteiger partial charge in [0, 0.05) is 58.3 Å². The second-order valence-electron chi connectivity index (χ2n) is 7.10. The number of morpholine rings is 1. The largest absolute Gasteiger partial charge is 0.378 e. The highest BCUT2D eigenvalue weighted by Crippen LogP contribution is 2.10. The van der Waals surface area contributed by atoms with Crippen molar-refractivity contribution in [3.8, 4) is 0 Å². The third-order valence-corrected chi connectivity index (χ3v) is 4.94. The lowest BCUT2D eigenvalue weighted by Crippen LogP contribution is -2.44. The maximum absolute atomic E-state index is 12.0. The second kappa shape index (κ2) is 14.4. The molecule has 1 aromatic rings. The predicted octanol–water partition coefficient (Wildman–Crippen LogP) is 1.69. The lowest BCUT2D eigenvalue weighted by molar-refractivity contribution is -0.122. The van der Waals surface area contributed by atoms with Crippen molar-refractivity contribution in [3.05, 3.63) is 35.4 Å². The van der Waals surface area contributed by atoms with Crippen molar-refractivity contribution in [1.29, 1.82) is 0 Å². The summed E-state index contributed by atoms with van der Waals surface area (Å²) >= 11 is 0. The minimum atomic E-state index is 0. The lowest BCUT2D eigenvalue weighted by atomic mass is 10.1. The number of nitrogens with one attached hydrogen (secondary N) is 2. The number of likely N-dealkylation sites (N-methyl/N-ethyl adjacent to an activating group) is 1. The van der Waals surface area contributed by atoms with Crippen LogP contribution in [0.5, 0.6) is 0 Å². The summed E-state index contributed by atoms with van der Waals surface area (Å²) in [5, 5.41) is 6.31. The average molecular weight is 456 g/mol. The van der Waals surface area contributed by atoms with E-state index in [1.54, 1.807) is 0 Å². The molecule has 0 spiro atoms. The highest BCUT2D eigenvalue weighted by atomic mass is 35.5. The smallest absolute Gasteiger partial charge is 0.221 e. The average Bonchev–Trinajstić information content (AvgIpc) is 2.64. The summed E-state index contributed by atoms with van der Waals surface area (Å²) in [5.41, 5.74) is 2.48. The van der Waals surface area contributed by atoms with Crippen molar-refractivity contribution in [2.75, 3.05) is 53.0 Å². The van der Waals surface area contributed by atoms with Crippen LogP contribution in [-0.2, 0) is 22.6 Å². The van der Waals surface area contributed by atoms with E-state index in [9.17, 15) is 4.79 Å². The normalized spacial score (nSPS) is 20.2. The van der Waals surface area contributed by atoms with Crippen LogP contribution in [0, 0.1) is 0 Å². The first kappa shape index (κ1) is 27.4. The molecule has 1 aromatic carbocycles. The van der Waals surface area contributed by atoms with Gasteiger partial charge in [0.25, 0.3) is 0 Å². The summed E-state index contributed by atoms with van der Waals surface area (Å²) in [5.74, 6) is 0.0736. The van der Waals surface area contributed by atoms with E-state index in [0.717, 1.165) is 51.4 Å². The maximum atomic E-state index is 12.0. The van der Waals surface area contributed by atoms with Gasteiger partial charge in [0.2, 0.25) is 5.91 Å². The van der Waals surface area contributed by atoms with E-state index in [1.807, 2.05) is 0 Å². The van der Waals surface area contributed by atoms with E-state index in [4.69, 9.17) is 4.74 Å². The molecule has 2 aliphatic heterocycles. The number of halogens is 3. The molecule has 0 saturated carbocycles. The van der Waals surface area contributed by atoms with Crippen LogP contribution >= 0.6 is 37.2 Å². The topological polar surface area (TPSA) is 56.8 Å². The van der Waals surface area contributed by atoms with Crippen molar-refractivity contribution in [2.24, 2.45) is 0 Å². The molecule has 0 aromatic heterocycles. The van der Waals surface area contributed by atoms with Crippen molar-refractivity contribution >= 4 is 43.1 Å². The molecule has 0 bridgehead atoms. The first-order chi connectivity index (χ1) is 12.2. The molecule has 162 valence electrons. The van der Waals surface area contributed by atoms with E-state index in [2.05, 4.69) is 51.7 Å². The zero-order chi connectivity index (χ0) is 17.5. The molecular weight excluding hydrogens is 423 g/mol. The van der Waals surface area contributed by atoms with Crippen molar-refractivity contribution in [2.45, 2.75) is 25.6 Å². The van der Waals surface area contributed by atoms with Crippen molar-refractivity contribution < 1.29 is 9.53 Å². The number of piperazine rings is 1. The molecule has 0 radical (unpaired) electrons. The molecule has 6 nitrogen and oxygen atoms in total. The molecule has 0 aliphatic carbocycles. The summed E-state index contributed by atoms with van der Waals surface area (Å²) < 4.78 is 5.38. The van der Waals surface area contributed by atoms with Gasteiger partial charge < -0.3 is 20.3 Å². The fourth-order valence-corrected chi connectivity index (χ4v) is 3.27. The monoisotopic (exact) mass is 454 g/mol. The van der Waals surface area contributed by atoms with Crippen molar-refractivity contribution in [3.63, 3.8) is 0 Å². The molecule has 2 heterocycles. The van der Waals surface area contributed by atoms with E-state index in [-0.39, 0.29) is 49.2 Å². The number of benzene rings is 1. The van der Waals surface area contributed by atoms with Gasteiger partial charge in [0.1, 0.15) is 0 Å². The number of nitrogens with zero attached hydrogens (tertiary/aromatic N) is 2. The molecule has 3 rings (SSSR count). The zero-order valence-corrected chi connectivity index (χ0v) is 18.8. The van der Waals surface area contributed by atoms with Gasteiger partial charge in [-0.1, -0.05) is 24.3 Å². The molecule has 1 atom stereocenters.